The number of aromatic nitrogens is 3. The minimum atomic E-state index is -0.527. The number of aromatic amines is 1. The summed E-state index contributed by atoms with van der Waals surface area (Å²) in [4.78, 5) is 31.6. The highest BCUT2D eigenvalue weighted by molar-refractivity contribution is 5.93. The number of rotatable bonds is 3. The molecule has 124 valence electrons. The molecule has 1 saturated heterocycles. The molecule has 0 spiro atoms. The number of H-pyrrole nitrogens is 1. The molecule has 3 rings (SSSR count). The van der Waals surface area contributed by atoms with Crippen LogP contribution in [0.15, 0.2) is 24.7 Å². The van der Waals surface area contributed by atoms with Crippen LogP contribution in [0.5, 0.6) is 0 Å². The molecule has 1 atom stereocenters. The number of imidazole rings is 1. The summed E-state index contributed by atoms with van der Waals surface area (Å²) in [6, 6.07) is 1.06. The molecule has 0 aliphatic carbocycles. The van der Waals surface area contributed by atoms with Crippen molar-refractivity contribution in [2.24, 2.45) is 7.05 Å². The third-order valence-electron chi connectivity index (χ3n) is 3.77. The van der Waals surface area contributed by atoms with Gasteiger partial charge in [0.05, 0.1) is 11.1 Å². The molecule has 1 amide bonds. The van der Waals surface area contributed by atoms with Gasteiger partial charge in [-0.05, 0) is 0 Å². The van der Waals surface area contributed by atoms with Crippen LogP contribution in [0.25, 0.3) is 0 Å². The summed E-state index contributed by atoms with van der Waals surface area (Å²) in [6.45, 7) is 1.79. The fourth-order valence-corrected chi connectivity index (χ4v) is 2.64. The average Bonchev–Trinajstić information content (AvgIpc) is 3.15. The molecule has 0 aromatic carbocycles. The molecule has 2 aromatic rings. The quantitative estimate of drug-likeness (QED) is 0.636. The fourth-order valence-electron chi connectivity index (χ4n) is 2.64. The van der Waals surface area contributed by atoms with E-state index in [2.05, 4.69) is 15.3 Å². The summed E-state index contributed by atoms with van der Waals surface area (Å²) in [6.07, 6.45) is 4.74. The first kappa shape index (κ1) is 17.0. The van der Waals surface area contributed by atoms with Gasteiger partial charge in [-0.2, -0.15) is 0 Å². The zero-order valence-electron chi connectivity index (χ0n) is 12.4. The van der Waals surface area contributed by atoms with E-state index in [9.17, 15) is 14.9 Å². The summed E-state index contributed by atoms with van der Waals surface area (Å²) >= 11 is 0. The van der Waals surface area contributed by atoms with Crippen molar-refractivity contribution in [2.75, 3.05) is 19.6 Å². The Kier molecular flexibility index (Phi) is 5.02. The molecular weight excluding hydrogens is 324 g/mol. The highest BCUT2D eigenvalue weighted by Gasteiger charge is 2.32. The van der Waals surface area contributed by atoms with E-state index in [1.165, 1.54) is 12.3 Å². The van der Waals surface area contributed by atoms with Crippen LogP contribution >= 0.6 is 12.4 Å². The van der Waals surface area contributed by atoms with Crippen LogP contribution in [0.4, 0.5) is 5.69 Å². The Bertz CT molecular complexity index is 712. The van der Waals surface area contributed by atoms with Crippen LogP contribution in [0.1, 0.15) is 22.4 Å². The smallest absolute Gasteiger partial charge is 0.287 e. The molecule has 9 nitrogen and oxygen atoms in total. The van der Waals surface area contributed by atoms with Gasteiger partial charge in [0, 0.05) is 45.1 Å². The van der Waals surface area contributed by atoms with Crippen molar-refractivity contribution >= 4 is 24.0 Å². The fraction of sp³-hybridized carbons (Fsp3) is 0.385. The van der Waals surface area contributed by atoms with Gasteiger partial charge < -0.3 is 19.8 Å². The number of nitro groups is 1. The first-order chi connectivity index (χ1) is 10.6. The molecule has 1 aliphatic heterocycles. The van der Waals surface area contributed by atoms with E-state index < -0.39 is 4.92 Å². The van der Waals surface area contributed by atoms with E-state index in [4.69, 9.17) is 0 Å². The number of amides is 1. The van der Waals surface area contributed by atoms with Crippen molar-refractivity contribution in [3.63, 3.8) is 0 Å². The van der Waals surface area contributed by atoms with Crippen molar-refractivity contribution in [2.45, 2.75) is 6.04 Å². The number of nitrogens with zero attached hydrogens (tertiary/aromatic N) is 4. The minimum Gasteiger partial charge on any atom is -0.351 e. The molecule has 1 unspecified atom stereocenters. The Morgan fingerprint density at radius 3 is 2.91 bits per heavy atom. The molecule has 3 heterocycles. The molecule has 10 heteroatoms. The zero-order chi connectivity index (χ0) is 15.7. The number of piperazine rings is 1. The number of halogens is 1. The molecule has 1 aliphatic rings. The van der Waals surface area contributed by atoms with Crippen molar-refractivity contribution in [3.05, 3.63) is 46.3 Å². The number of aryl methyl sites for hydroxylation is 1. The molecular formula is C13H17ClN6O3. The van der Waals surface area contributed by atoms with Crippen LogP contribution in [-0.2, 0) is 7.05 Å². The second kappa shape index (κ2) is 6.80. The topological polar surface area (TPSA) is 109 Å². The van der Waals surface area contributed by atoms with Gasteiger partial charge >= 0.3 is 0 Å². The third kappa shape index (κ3) is 3.20. The van der Waals surface area contributed by atoms with Gasteiger partial charge in [0.25, 0.3) is 11.6 Å². The summed E-state index contributed by atoms with van der Waals surface area (Å²) in [5, 5.41) is 14.0. The standard InChI is InChI=1S/C13H16N6O3.ClH/c1-17-4-3-15-12(17)11-8-14-2-5-18(11)13(20)10-6-9(7-16-10)19(21)22;/h3-4,6-7,11,14,16H,2,5,8H2,1H3;1H. The summed E-state index contributed by atoms with van der Waals surface area (Å²) in [7, 11) is 1.87. The second-order valence-electron chi connectivity index (χ2n) is 5.14. The van der Waals surface area contributed by atoms with E-state index >= 15 is 0 Å². The largest absolute Gasteiger partial charge is 0.351 e. The van der Waals surface area contributed by atoms with Crippen LogP contribution < -0.4 is 5.32 Å². The summed E-state index contributed by atoms with van der Waals surface area (Å²) in [5.41, 5.74) is 0.0971. The van der Waals surface area contributed by atoms with Gasteiger partial charge in [-0.15, -0.1) is 12.4 Å². The molecule has 0 radical (unpaired) electrons. The van der Waals surface area contributed by atoms with Gasteiger partial charge in [-0.3, -0.25) is 14.9 Å². The lowest BCUT2D eigenvalue weighted by molar-refractivity contribution is -0.384. The Hall–Kier alpha value is -2.39. The Morgan fingerprint density at radius 2 is 2.30 bits per heavy atom. The van der Waals surface area contributed by atoms with Gasteiger partial charge in [0.2, 0.25) is 0 Å². The van der Waals surface area contributed by atoms with Gasteiger partial charge in [-0.1, -0.05) is 0 Å². The Morgan fingerprint density at radius 1 is 1.52 bits per heavy atom. The van der Waals surface area contributed by atoms with Crippen molar-refractivity contribution in [3.8, 4) is 0 Å². The Labute approximate surface area is 138 Å². The minimum absolute atomic E-state index is 0. The number of hydrogen-bond donors (Lipinski definition) is 2. The molecule has 1 fully saturated rings. The third-order valence-corrected chi connectivity index (χ3v) is 3.77. The van der Waals surface area contributed by atoms with Gasteiger partial charge in [0.15, 0.2) is 0 Å². The van der Waals surface area contributed by atoms with E-state index in [0.29, 0.717) is 19.6 Å². The highest BCUT2D eigenvalue weighted by atomic mass is 35.5. The van der Waals surface area contributed by atoms with Crippen molar-refractivity contribution < 1.29 is 9.72 Å². The molecule has 23 heavy (non-hydrogen) atoms. The lowest BCUT2D eigenvalue weighted by Crippen LogP contribution is -2.49. The summed E-state index contributed by atoms with van der Waals surface area (Å²) in [5.74, 6) is 0.518. The van der Waals surface area contributed by atoms with Gasteiger partial charge in [0.1, 0.15) is 17.6 Å². The number of carbonyl (C=O) groups is 1. The predicted octanol–water partition coefficient (Wildman–Crippen LogP) is 0.865. The van der Waals surface area contributed by atoms with E-state index in [1.54, 1.807) is 11.1 Å². The average molecular weight is 341 g/mol. The van der Waals surface area contributed by atoms with Crippen LogP contribution in [0.3, 0.4) is 0 Å². The highest BCUT2D eigenvalue weighted by Crippen LogP contribution is 2.23. The second-order valence-corrected chi connectivity index (χ2v) is 5.14. The lowest BCUT2D eigenvalue weighted by atomic mass is 10.1. The monoisotopic (exact) mass is 340 g/mol. The predicted molar refractivity (Wildman–Crippen MR) is 84.6 cm³/mol. The molecule has 2 N–H and O–H groups in total. The number of carbonyl (C=O) groups excluding carboxylic acids is 1. The van der Waals surface area contributed by atoms with Gasteiger partial charge in [-0.25, -0.2) is 4.98 Å². The van der Waals surface area contributed by atoms with E-state index in [0.717, 1.165) is 5.82 Å². The molecule has 2 aromatic heterocycles. The first-order valence-electron chi connectivity index (χ1n) is 6.89. The zero-order valence-corrected chi connectivity index (χ0v) is 13.2. The van der Waals surface area contributed by atoms with Crippen LogP contribution in [0.2, 0.25) is 0 Å². The number of hydrogen-bond acceptors (Lipinski definition) is 5. The Balaban J connectivity index is 0.00000192. The normalized spacial score (nSPS) is 17.6. The van der Waals surface area contributed by atoms with Crippen LogP contribution in [-0.4, -0.2) is 49.9 Å². The summed E-state index contributed by atoms with van der Waals surface area (Å²) < 4.78 is 1.87. The lowest BCUT2D eigenvalue weighted by Gasteiger charge is -2.35. The van der Waals surface area contributed by atoms with E-state index in [1.807, 2.05) is 17.8 Å². The molecule has 0 bridgehead atoms. The number of nitrogens with one attached hydrogen (secondary N) is 2. The maximum absolute atomic E-state index is 12.7. The first-order valence-corrected chi connectivity index (χ1v) is 6.89. The van der Waals surface area contributed by atoms with Crippen LogP contribution in [0, 0.1) is 10.1 Å². The SMILES string of the molecule is Cl.Cn1ccnc1C1CNCCN1C(=O)c1cc([N+](=O)[O-])c[nH]1. The molecule has 0 saturated carbocycles. The maximum Gasteiger partial charge on any atom is 0.287 e. The maximum atomic E-state index is 12.7. The van der Waals surface area contributed by atoms with Crippen molar-refractivity contribution in [1.29, 1.82) is 0 Å². The van der Waals surface area contributed by atoms with E-state index in [-0.39, 0.29) is 35.7 Å². The van der Waals surface area contributed by atoms with Crippen molar-refractivity contribution in [1.82, 2.24) is 24.8 Å².